The van der Waals surface area contributed by atoms with E-state index in [0.717, 1.165) is 37.1 Å². The Bertz CT molecular complexity index is 887. The van der Waals surface area contributed by atoms with Crippen LogP contribution in [0.15, 0.2) is 40.8 Å². The highest BCUT2D eigenvalue weighted by molar-refractivity contribution is 7.13. The van der Waals surface area contributed by atoms with Crippen molar-refractivity contribution < 1.29 is 0 Å². The van der Waals surface area contributed by atoms with Gasteiger partial charge in [-0.05, 0) is 12.1 Å². The van der Waals surface area contributed by atoms with E-state index in [-0.39, 0.29) is 5.56 Å². The van der Waals surface area contributed by atoms with Gasteiger partial charge in [-0.25, -0.2) is 9.97 Å². The Morgan fingerprint density at radius 3 is 2.65 bits per heavy atom. The average molecular weight is 348 g/mol. The molecule has 0 bridgehead atoms. The summed E-state index contributed by atoms with van der Waals surface area (Å²) < 4.78 is 1.47. The highest BCUT2D eigenvalue weighted by Gasteiger charge is 2.20. The van der Waals surface area contributed by atoms with Crippen molar-refractivity contribution in [2.24, 2.45) is 0 Å². The van der Waals surface area contributed by atoms with Crippen LogP contribution in [0.2, 0.25) is 5.02 Å². The van der Waals surface area contributed by atoms with Gasteiger partial charge in [-0.1, -0.05) is 11.6 Å². The molecule has 1 saturated heterocycles. The molecular formula is C15H14ClN5OS. The summed E-state index contributed by atoms with van der Waals surface area (Å²) in [6.07, 6.45) is 3.42. The van der Waals surface area contributed by atoms with Crippen LogP contribution in [0.25, 0.3) is 5.65 Å². The molecule has 0 amide bonds. The third-order valence-corrected chi connectivity index (χ3v) is 4.96. The molecule has 3 aromatic rings. The van der Waals surface area contributed by atoms with Crippen LogP contribution in [0.4, 0.5) is 10.9 Å². The molecule has 0 N–H and O–H groups in total. The summed E-state index contributed by atoms with van der Waals surface area (Å²) in [5.41, 5.74) is 0.495. The maximum atomic E-state index is 12.3. The molecule has 0 saturated carbocycles. The zero-order valence-corrected chi connectivity index (χ0v) is 13.8. The van der Waals surface area contributed by atoms with Crippen LogP contribution >= 0.6 is 22.9 Å². The number of rotatable bonds is 2. The van der Waals surface area contributed by atoms with Gasteiger partial charge in [0.2, 0.25) is 0 Å². The van der Waals surface area contributed by atoms with Crippen molar-refractivity contribution in [3.63, 3.8) is 0 Å². The van der Waals surface area contributed by atoms with E-state index >= 15 is 0 Å². The Morgan fingerprint density at radius 2 is 1.91 bits per heavy atom. The van der Waals surface area contributed by atoms with Gasteiger partial charge >= 0.3 is 0 Å². The van der Waals surface area contributed by atoms with Crippen LogP contribution in [0.3, 0.4) is 0 Å². The zero-order chi connectivity index (χ0) is 15.8. The van der Waals surface area contributed by atoms with Gasteiger partial charge in [0.1, 0.15) is 11.5 Å². The fourth-order valence-corrected chi connectivity index (χ4v) is 3.58. The molecule has 1 aliphatic heterocycles. The molecule has 6 nitrogen and oxygen atoms in total. The monoisotopic (exact) mass is 347 g/mol. The topological polar surface area (TPSA) is 53.7 Å². The van der Waals surface area contributed by atoms with Crippen molar-refractivity contribution in [3.8, 4) is 0 Å². The number of hydrogen-bond acceptors (Lipinski definition) is 6. The fourth-order valence-electron chi connectivity index (χ4n) is 2.73. The average Bonchev–Trinajstić information content (AvgIpc) is 3.10. The van der Waals surface area contributed by atoms with Gasteiger partial charge in [0.25, 0.3) is 5.56 Å². The molecule has 0 aromatic carbocycles. The lowest BCUT2D eigenvalue weighted by atomic mass is 10.3. The van der Waals surface area contributed by atoms with Crippen LogP contribution in [-0.4, -0.2) is 40.5 Å². The molecule has 1 fully saturated rings. The van der Waals surface area contributed by atoms with Crippen molar-refractivity contribution in [1.29, 1.82) is 0 Å². The standard InChI is InChI=1S/C15H14ClN5OS/c16-11-1-2-12-18-13(9-14(22)21(12)10-11)19-4-6-20(7-5-19)15-17-3-8-23-15/h1-3,8-10H,4-7H2. The Morgan fingerprint density at radius 1 is 1.13 bits per heavy atom. The van der Waals surface area contributed by atoms with Crippen LogP contribution in [0.1, 0.15) is 0 Å². The smallest absolute Gasteiger partial charge is 0.260 e. The van der Waals surface area contributed by atoms with Crippen molar-refractivity contribution >= 4 is 39.5 Å². The lowest BCUT2D eigenvalue weighted by molar-refractivity contribution is 0.645. The minimum absolute atomic E-state index is 0.116. The summed E-state index contributed by atoms with van der Waals surface area (Å²) in [4.78, 5) is 25.6. The summed E-state index contributed by atoms with van der Waals surface area (Å²) >= 11 is 7.58. The Hall–Kier alpha value is -2.12. The molecule has 0 atom stereocenters. The predicted molar refractivity (Wildman–Crippen MR) is 93.0 cm³/mol. The van der Waals surface area contributed by atoms with E-state index in [1.807, 2.05) is 11.6 Å². The second-order valence-electron chi connectivity index (χ2n) is 5.32. The molecule has 0 unspecified atom stereocenters. The van der Waals surface area contributed by atoms with Crippen molar-refractivity contribution in [3.05, 3.63) is 51.3 Å². The first-order valence-electron chi connectivity index (χ1n) is 7.29. The van der Waals surface area contributed by atoms with E-state index in [2.05, 4.69) is 19.8 Å². The van der Waals surface area contributed by atoms with Gasteiger partial charge in [0.15, 0.2) is 5.13 Å². The molecule has 0 radical (unpaired) electrons. The first-order chi connectivity index (χ1) is 11.2. The molecule has 8 heteroatoms. The maximum absolute atomic E-state index is 12.3. The number of nitrogens with zero attached hydrogens (tertiary/aromatic N) is 5. The molecule has 23 heavy (non-hydrogen) atoms. The predicted octanol–water partition coefficient (Wildman–Crippen LogP) is 2.13. The number of pyridine rings is 1. The SMILES string of the molecule is O=c1cc(N2CCN(c3nccs3)CC2)nc2ccc(Cl)cn12. The number of aromatic nitrogens is 3. The molecule has 3 aromatic heterocycles. The molecule has 4 rings (SSSR count). The molecule has 118 valence electrons. The van der Waals surface area contributed by atoms with Gasteiger partial charge < -0.3 is 9.80 Å². The van der Waals surface area contributed by atoms with Crippen molar-refractivity contribution in [1.82, 2.24) is 14.4 Å². The second kappa shape index (κ2) is 5.82. The summed E-state index contributed by atoms with van der Waals surface area (Å²) in [7, 11) is 0. The minimum Gasteiger partial charge on any atom is -0.353 e. The van der Waals surface area contributed by atoms with E-state index in [4.69, 9.17) is 11.6 Å². The zero-order valence-electron chi connectivity index (χ0n) is 12.2. The van der Waals surface area contributed by atoms with Gasteiger partial charge in [0, 0.05) is 50.0 Å². The summed E-state index contributed by atoms with van der Waals surface area (Å²) in [6, 6.07) is 5.08. The van der Waals surface area contributed by atoms with E-state index in [1.165, 1.54) is 4.40 Å². The largest absolute Gasteiger partial charge is 0.353 e. The lowest BCUT2D eigenvalue weighted by Gasteiger charge is -2.35. The third kappa shape index (κ3) is 2.77. The molecule has 0 aliphatic carbocycles. The Labute approximate surface area is 141 Å². The van der Waals surface area contributed by atoms with Crippen molar-refractivity contribution in [2.45, 2.75) is 0 Å². The van der Waals surface area contributed by atoms with E-state index in [9.17, 15) is 4.79 Å². The molecule has 0 spiro atoms. The number of fused-ring (bicyclic) bond motifs is 1. The maximum Gasteiger partial charge on any atom is 0.260 e. The number of piperazine rings is 1. The normalized spacial score (nSPS) is 15.3. The quantitative estimate of drug-likeness (QED) is 0.711. The van der Waals surface area contributed by atoms with E-state index in [0.29, 0.717) is 10.7 Å². The summed E-state index contributed by atoms with van der Waals surface area (Å²) in [6.45, 7) is 3.37. The van der Waals surface area contributed by atoms with E-state index in [1.54, 1.807) is 35.7 Å². The number of halogens is 1. The number of hydrogen-bond donors (Lipinski definition) is 0. The second-order valence-corrected chi connectivity index (χ2v) is 6.63. The van der Waals surface area contributed by atoms with Gasteiger partial charge in [0.05, 0.1) is 5.02 Å². The highest BCUT2D eigenvalue weighted by Crippen LogP contribution is 2.21. The number of thiazole rings is 1. The van der Waals surface area contributed by atoms with E-state index < -0.39 is 0 Å². The van der Waals surface area contributed by atoms with Crippen LogP contribution in [-0.2, 0) is 0 Å². The van der Waals surface area contributed by atoms with Crippen LogP contribution in [0.5, 0.6) is 0 Å². The lowest BCUT2D eigenvalue weighted by Crippen LogP contribution is -2.47. The summed E-state index contributed by atoms with van der Waals surface area (Å²) in [5.74, 6) is 0.719. The number of anilines is 2. The Balaban J connectivity index is 1.58. The molecule has 1 aliphatic rings. The van der Waals surface area contributed by atoms with Gasteiger partial charge in [-0.3, -0.25) is 9.20 Å². The highest BCUT2D eigenvalue weighted by atomic mass is 35.5. The fraction of sp³-hybridized carbons (Fsp3) is 0.267. The first-order valence-corrected chi connectivity index (χ1v) is 8.55. The van der Waals surface area contributed by atoms with Crippen molar-refractivity contribution in [2.75, 3.05) is 36.0 Å². The molecule has 4 heterocycles. The third-order valence-electron chi connectivity index (χ3n) is 3.90. The van der Waals surface area contributed by atoms with Crippen LogP contribution < -0.4 is 15.4 Å². The first kappa shape index (κ1) is 14.5. The van der Waals surface area contributed by atoms with Gasteiger partial charge in [-0.2, -0.15) is 0 Å². The van der Waals surface area contributed by atoms with Crippen LogP contribution in [0, 0.1) is 0 Å². The minimum atomic E-state index is -0.116. The Kier molecular flexibility index (Phi) is 3.66. The summed E-state index contributed by atoms with van der Waals surface area (Å²) in [5, 5.41) is 3.55. The van der Waals surface area contributed by atoms with Gasteiger partial charge in [-0.15, -0.1) is 11.3 Å². The molecular weight excluding hydrogens is 334 g/mol.